The van der Waals surface area contributed by atoms with Gasteiger partial charge in [0.15, 0.2) is 0 Å². The van der Waals surface area contributed by atoms with Crippen molar-refractivity contribution >= 4 is 21.6 Å². The van der Waals surface area contributed by atoms with E-state index in [1.807, 2.05) is 6.07 Å². The fourth-order valence-electron chi connectivity index (χ4n) is 4.37. The van der Waals surface area contributed by atoms with Crippen LogP contribution >= 0.6 is 0 Å². The maximum Gasteiger partial charge on any atom is 0.243 e. The van der Waals surface area contributed by atoms with Crippen LogP contribution in [0, 0.1) is 0 Å². The summed E-state index contributed by atoms with van der Waals surface area (Å²) in [5.74, 6) is -0.0926. The SMILES string of the molecule is C[C@H]1c2cccn2CCN1CC(=O)Nc1ccc(S(=O)(=O)N2CCCCCC2)cc1. The third-order valence-electron chi connectivity index (χ3n) is 6.16. The van der Waals surface area contributed by atoms with E-state index in [-0.39, 0.29) is 16.8 Å². The molecule has 2 aliphatic rings. The molecule has 7 nitrogen and oxygen atoms in total. The number of nitrogens with one attached hydrogen (secondary N) is 1. The molecule has 30 heavy (non-hydrogen) atoms. The molecule has 0 spiro atoms. The molecule has 1 N–H and O–H groups in total. The Kier molecular flexibility index (Phi) is 6.26. The number of benzene rings is 1. The summed E-state index contributed by atoms with van der Waals surface area (Å²) in [6, 6.07) is 10.8. The van der Waals surface area contributed by atoms with Crippen molar-refractivity contribution in [1.82, 2.24) is 13.8 Å². The molecule has 4 rings (SSSR count). The van der Waals surface area contributed by atoms with E-state index < -0.39 is 10.0 Å². The lowest BCUT2D eigenvalue weighted by Crippen LogP contribution is -2.41. The minimum atomic E-state index is -3.47. The minimum absolute atomic E-state index is 0.0926. The first-order valence-corrected chi connectivity index (χ1v) is 12.2. The van der Waals surface area contributed by atoms with E-state index in [1.165, 1.54) is 5.69 Å². The van der Waals surface area contributed by atoms with Gasteiger partial charge in [-0.2, -0.15) is 4.31 Å². The van der Waals surface area contributed by atoms with Crippen LogP contribution in [-0.4, -0.2) is 54.3 Å². The highest BCUT2D eigenvalue weighted by Gasteiger charge is 2.26. The largest absolute Gasteiger partial charge is 0.349 e. The summed E-state index contributed by atoms with van der Waals surface area (Å²) in [4.78, 5) is 15.0. The number of aromatic nitrogens is 1. The van der Waals surface area contributed by atoms with Crippen LogP contribution in [0.5, 0.6) is 0 Å². The Hall–Kier alpha value is -2.16. The van der Waals surface area contributed by atoms with E-state index in [9.17, 15) is 13.2 Å². The van der Waals surface area contributed by atoms with Gasteiger partial charge in [0.1, 0.15) is 0 Å². The second-order valence-corrected chi connectivity index (χ2v) is 10.1. The maximum atomic E-state index is 12.9. The Balaban J connectivity index is 1.37. The number of anilines is 1. The third kappa shape index (κ3) is 4.45. The van der Waals surface area contributed by atoms with Crippen LogP contribution < -0.4 is 5.32 Å². The normalized spacial score (nSPS) is 21.0. The number of sulfonamides is 1. The molecule has 162 valence electrons. The molecule has 8 heteroatoms. The molecule has 2 aromatic rings. The Morgan fingerprint density at radius 2 is 1.70 bits per heavy atom. The Morgan fingerprint density at radius 1 is 1.00 bits per heavy atom. The molecule has 1 aromatic heterocycles. The van der Waals surface area contributed by atoms with E-state index in [0.717, 1.165) is 38.8 Å². The van der Waals surface area contributed by atoms with E-state index >= 15 is 0 Å². The molecule has 1 atom stereocenters. The second kappa shape index (κ2) is 8.91. The molecular weight excluding hydrogens is 400 g/mol. The first-order chi connectivity index (χ1) is 14.4. The second-order valence-electron chi connectivity index (χ2n) is 8.16. The van der Waals surface area contributed by atoms with Gasteiger partial charge in [0.2, 0.25) is 15.9 Å². The first-order valence-electron chi connectivity index (χ1n) is 10.7. The Bertz CT molecular complexity index is 976. The number of rotatable bonds is 5. The van der Waals surface area contributed by atoms with Crippen LogP contribution in [0.1, 0.15) is 44.3 Å². The van der Waals surface area contributed by atoms with E-state index in [4.69, 9.17) is 0 Å². The number of hydrogen-bond acceptors (Lipinski definition) is 4. The lowest BCUT2D eigenvalue weighted by molar-refractivity contribution is -0.118. The smallest absolute Gasteiger partial charge is 0.243 e. The molecule has 0 aliphatic carbocycles. The fraction of sp³-hybridized carbons (Fsp3) is 0.500. The van der Waals surface area contributed by atoms with Gasteiger partial charge in [-0.15, -0.1) is 0 Å². The van der Waals surface area contributed by atoms with Crippen molar-refractivity contribution in [1.29, 1.82) is 0 Å². The fourth-order valence-corrected chi connectivity index (χ4v) is 5.89. The summed E-state index contributed by atoms with van der Waals surface area (Å²) < 4.78 is 29.6. The first kappa shape index (κ1) is 21.1. The van der Waals surface area contributed by atoms with Crippen molar-refractivity contribution < 1.29 is 13.2 Å². The molecule has 0 unspecified atom stereocenters. The highest BCUT2D eigenvalue weighted by atomic mass is 32.2. The number of carbonyl (C=O) groups is 1. The van der Waals surface area contributed by atoms with Crippen LogP contribution in [0.25, 0.3) is 0 Å². The van der Waals surface area contributed by atoms with Gasteiger partial charge in [-0.05, 0) is 56.2 Å². The van der Waals surface area contributed by atoms with Crippen molar-refractivity contribution in [2.75, 3.05) is 31.5 Å². The van der Waals surface area contributed by atoms with Crippen molar-refractivity contribution in [2.45, 2.75) is 50.1 Å². The molecule has 1 amide bonds. The average molecular weight is 431 g/mol. The van der Waals surface area contributed by atoms with Gasteiger partial charge >= 0.3 is 0 Å². The van der Waals surface area contributed by atoms with Crippen molar-refractivity contribution in [3.63, 3.8) is 0 Å². The topological polar surface area (TPSA) is 74.6 Å². The van der Waals surface area contributed by atoms with Gasteiger partial charge < -0.3 is 9.88 Å². The number of nitrogens with zero attached hydrogens (tertiary/aromatic N) is 3. The lowest BCUT2D eigenvalue weighted by Gasteiger charge is -2.34. The summed E-state index contributed by atoms with van der Waals surface area (Å²) in [5, 5.41) is 2.90. The van der Waals surface area contributed by atoms with Crippen molar-refractivity contribution in [3.05, 3.63) is 48.3 Å². The van der Waals surface area contributed by atoms with E-state index in [0.29, 0.717) is 25.3 Å². The molecule has 0 bridgehead atoms. The van der Waals surface area contributed by atoms with Gasteiger partial charge in [0.05, 0.1) is 11.4 Å². The van der Waals surface area contributed by atoms with Gasteiger partial charge in [-0.25, -0.2) is 8.42 Å². The van der Waals surface area contributed by atoms with Gasteiger partial charge in [-0.1, -0.05) is 12.8 Å². The summed E-state index contributed by atoms with van der Waals surface area (Å²) >= 11 is 0. The molecule has 2 aliphatic heterocycles. The summed E-state index contributed by atoms with van der Waals surface area (Å²) in [5.41, 5.74) is 1.83. The molecule has 3 heterocycles. The Morgan fingerprint density at radius 3 is 2.40 bits per heavy atom. The number of hydrogen-bond donors (Lipinski definition) is 1. The number of carbonyl (C=O) groups excluding carboxylic acids is 1. The van der Waals surface area contributed by atoms with Crippen molar-refractivity contribution in [2.24, 2.45) is 0 Å². The molecule has 1 aromatic carbocycles. The quantitative estimate of drug-likeness (QED) is 0.791. The summed E-state index contributed by atoms with van der Waals surface area (Å²) in [6.45, 7) is 5.28. The predicted molar refractivity (Wildman–Crippen MR) is 117 cm³/mol. The van der Waals surface area contributed by atoms with Gasteiger partial charge in [0, 0.05) is 49.8 Å². The van der Waals surface area contributed by atoms with Crippen LogP contribution in [0.15, 0.2) is 47.5 Å². The van der Waals surface area contributed by atoms with Crippen LogP contribution in [0.4, 0.5) is 5.69 Å². The highest BCUT2D eigenvalue weighted by molar-refractivity contribution is 7.89. The third-order valence-corrected chi connectivity index (χ3v) is 8.07. The Labute approximate surface area is 178 Å². The predicted octanol–water partition coefficient (Wildman–Crippen LogP) is 3.07. The highest BCUT2D eigenvalue weighted by Crippen LogP contribution is 2.25. The van der Waals surface area contributed by atoms with Crippen molar-refractivity contribution in [3.8, 4) is 0 Å². The van der Waals surface area contributed by atoms with E-state index in [2.05, 4.69) is 34.0 Å². The maximum absolute atomic E-state index is 12.9. The number of amides is 1. The zero-order valence-corrected chi connectivity index (χ0v) is 18.3. The molecule has 0 saturated carbocycles. The zero-order chi connectivity index (χ0) is 21.1. The van der Waals surface area contributed by atoms with Gasteiger partial charge in [-0.3, -0.25) is 9.69 Å². The van der Waals surface area contributed by atoms with Gasteiger partial charge in [0.25, 0.3) is 0 Å². The van der Waals surface area contributed by atoms with E-state index in [1.54, 1.807) is 28.6 Å². The summed E-state index contributed by atoms with van der Waals surface area (Å²) in [7, 11) is -3.47. The zero-order valence-electron chi connectivity index (χ0n) is 17.5. The average Bonchev–Trinajstić information content (AvgIpc) is 3.04. The molecule has 1 fully saturated rings. The minimum Gasteiger partial charge on any atom is -0.349 e. The lowest BCUT2D eigenvalue weighted by atomic mass is 10.1. The van der Waals surface area contributed by atoms with Crippen LogP contribution in [0.2, 0.25) is 0 Å². The standard InChI is InChI=1S/C22H30N4O3S/c1-18-21-7-6-12-24(21)15-16-25(18)17-22(27)23-19-8-10-20(11-9-19)30(28,29)26-13-4-2-3-5-14-26/h6-12,18H,2-5,13-17H2,1H3,(H,23,27)/t18-/m0/s1. The monoisotopic (exact) mass is 430 g/mol. The number of fused-ring (bicyclic) bond motifs is 1. The van der Waals surface area contributed by atoms with Crippen LogP contribution in [0.3, 0.4) is 0 Å². The molecule has 0 radical (unpaired) electrons. The van der Waals surface area contributed by atoms with Crippen LogP contribution in [-0.2, 0) is 21.4 Å². The summed E-state index contributed by atoms with van der Waals surface area (Å²) in [6.07, 6.45) is 6.06. The molecule has 1 saturated heterocycles. The molecular formula is C22H30N4O3S.